The van der Waals surface area contributed by atoms with Crippen molar-refractivity contribution in [2.45, 2.75) is 13.1 Å². The summed E-state index contributed by atoms with van der Waals surface area (Å²) in [5, 5.41) is 0. The molecule has 0 aliphatic carbocycles. The molecule has 0 aromatic carbocycles. The minimum absolute atomic E-state index is 0.815. The van der Waals surface area contributed by atoms with Crippen molar-refractivity contribution in [3.05, 3.63) is 109 Å². The highest BCUT2D eigenvalue weighted by Gasteiger charge is 2.08. The fraction of sp³-hybridized carbons (Fsp3) is 0.0909. The first kappa shape index (κ1) is 16.1. The Morgan fingerprint density at radius 3 is 1.42 bits per heavy atom. The van der Waals surface area contributed by atoms with Crippen molar-refractivity contribution in [2.75, 3.05) is 0 Å². The van der Waals surface area contributed by atoms with Gasteiger partial charge in [0.15, 0.2) is 37.9 Å². The summed E-state index contributed by atoms with van der Waals surface area (Å²) in [5.41, 5.74) is 4.21. The van der Waals surface area contributed by atoms with Crippen LogP contribution in [0.25, 0.3) is 11.4 Å². The van der Waals surface area contributed by atoms with Crippen molar-refractivity contribution in [1.29, 1.82) is 0 Å². The topological polar surface area (TPSA) is 33.5 Å². The van der Waals surface area contributed by atoms with Crippen molar-refractivity contribution in [1.82, 2.24) is 9.97 Å². The van der Waals surface area contributed by atoms with Crippen LogP contribution in [0.4, 0.5) is 0 Å². The van der Waals surface area contributed by atoms with Gasteiger partial charge in [-0.2, -0.15) is 0 Å². The van der Waals surface area contributed by atoms with Crippen LogP contribution in [0.3, 0.4) is 0 Å². The van der Waals surface area contributed by atoms with E-state index < -0.39 is 0 Å². The summed E-state index contributed by atoms with van der Waals surface area (Å²) in [4.78, 5) is 9.04. The van der Waals surface area contributed by atoms with Gasteiger partial charge in [0.05, 0.1) is 11.4 Å². The summed E-state index contributed by atoms with van der Waals surface area (Å²) in [7, 11) is 0. The Balaban J connectivity index is 1.57. The lowest BCUT2D eigenvalue weighted by Gasteiger charge is -2.04. The Bertz CT molecular complexity index is 902. The molecular weight excluding hydrogens is 320 g/mol. The van der Waals surface area contributed by atoms with Gasteiger partial charge in [-0.1, -0.05) is 12.1 Å². The van der Waals surface area contributed by atoms with Crippen LogP contribution in [0.1, 0.15) is 11.1 Å². The molecule has 4 heterocycles. The average Bonchev–Trinajstić information content (AvgIpc) is 2.70. The predicted octanol–water partition coefficient (Wildman–Crippen LogP) is 2.82. The zero-order chi connectivity index (χ0) is 17.6. The number of hydrogen-bond donors (Lipinski definition) is 0. The lowest BCUT2D eigenvalue weighted by molar-refractivity contribution is -0.688. The Kier molecular flexibility index (Phi) is 4.74. The lowest BCUT2D eigenvalue weighted by atomic mass is 10.1. The van der Waals surface area contributed by atoms with Gasteiger partial charge < -0.3 is 0 Å². The molecule has 0 unspecified atom stereocenters. The van der Waals surface area contributed by atoms with Crippen LogP contribution in [-0.2, 0) is 13.1 Å². The van der Waals surface area contributed by atoms with Gasteiger partial charge in [-0.05, 0) is 24.3 Å². The molecule has 0 N–H and O–H groups in total. The van der Waals surface area contributed by atoms with Crippen LogP contribution < -0.4 is 9.13 Å². The normalized spacial score (nSPS) is 10.6. The molecule has 0 aliphatic rings. The molecule has 4 nitrogen and oxygen atoms in total. The Morgan fingerprint density at radius 1 is 0.577 bits per heavy atom. The first-order valence-electron chi connectivity index (χ1n) is 8.65. The third kappa shape index (κ3) is 3.98. The second-order valence-electron chi connectivity index (χ2n) is 6.19. The Labute approximate surface area is 153 Å². The van der Waals surface area contributed by atoms with Crippen molar-refractivity contribution in [2.24, 2.45) is 0 Å². The van der Waals surface area contributed by atoms with Crippen molar-refractivity contribution < 1.29 is 9.13 Å². The average molecular weight is 340 g/mol. The first-order chi connectivity index (χ1) is 12.9. The van der Waals surface area contributed by atoms with E-state index >= 15 is 0 Å². The molecule has 26 heavy (non-hydrogen) atoms. The Hall–Kier alpha value is -3.40. The van der Waals surface area contributed by atoms with Crippen molar-refractivity contribution in [3.8, 4) is 11.4 Å². The fourth-order valence-corrected chi connectivity index (χ4v) is 2.93. The molecule has 4 heteroatoms. The van der Waals surface area contributed by atoms with Gasteiger partial charge in [0.1, 0.15) is 0 Å². The van der Waals surface area contributed by atoms with Gasteiger partial charge in [0.2, 0.25) is 0 Å². The van der Waals surface area contributed by atoms with Crippen molar-refractivity contribution in [3.63, 3.8) is 0 Å². The van der Waals surface area contributed by atoms with Crippen LogP contribution >= 0.6 is 0 Å². The highest BCUT2D eigenvalue weighted by atomic mass is 14.9. The summed E-state index contributed by atoms with van der Waals surface area (Å²) >= 11 is 0. The molecule has 4 aromatic rings. The molecular formula is C22H20N4+2. The van der Waals surface area contributed by atoms with Crippen LogP contribution in [0.15, 0.2) is 97.8 Å². The summed E-state index contributed by atoms with van der Waals surface area (Å²) in [5.74, 6) is 0. The van der Waals surface area contributed by atoms with E-state index in [1.54, 1.807) is 0 Å². The maximum atomic E-state index is 4.52. The van der Waals surface area contributed by atoms with E-state index in [-0.39, 0.29) is 0 Å². The zero-order valence-corrected chi connectivity index (χ0v) is 14.4. The molecule has 0 amide bonds. The third-order valence-corrected chi connectivity index (χ3v) is 4.20. The van der Waals surface area contributed by atoms with Gasteiger partial charge in [0, 0.05) is 47.8 Å². The maximum Gasteiger partial charge on any atom is 0.173 e. The van der Waals surface area contributed by atoms with Gasteiger partial charge in [-0.3, -0.25) is 9.97 Å². The van der Waals surface area contributed by atoms with E-state index in [2.05, 4.69) is 56.0 Å². The largest absolute Gasteiger partial charge is 0.255 e. The minimum atomic E-state index is 0.815. The molecule has 0 aliphatic heterocycles. The monoisotopic (exact) mass is 340 g/mol. The third-order valence-electron chi connectivity index (χ3n) is 4.20. The molecule has 0 saturated heterocycles. The summed E-state index contributed by atoms with van der Waals surface area (Å²) in [6.07, 6.45) is 12.0. The molecule has 0 fully saturated rings. The first-order valence-corrected chi connectivity index (χ1v) is 8.65. The maximum absolute atomic E-state index is 4.52. The van der Waals surface area contributed by atoms with Gasteiger partial charge in [-0.15, -0.1) is 0 Å². The number of hydrogen-bond acceptors (Lipinski definition) is 2. The standard InChI is InChI=1S/C22H20N4/c1-3-11-25(12-4-1)17-19-7-9-23-21(15-19)22-16-20(8-10-24-22)18-26-13-5-2-6-14-26/h1-16H,17-18H2/q+2. The smallest absolute Gasteiger partial charge is 0.173 e. The SMILES string of the molecule is c1cc[n+](Cc2ccnc(-c3cc(C[n+]4ccccc4)ccn3)c2)cc1. The van der Waals surface area contributed by atoms with E-state index in [1.807, 2.05) is 60.9 Å². The van der Waals surface area contributed by atoms with Crippen molar-refractivity contribution >= 4 is 0 Å². The summed E-state index contributed by atoms with van der Waals surface area (Å²) < 4.78 is 4.30. The van der Waals surface area contributed by atoms with Crippen LogP contribution in [0, 0.1) is 0 Å². The molecule has 4 rings (SSSR count). The minimum Gasteiger partial charge on any atom is -0.255 e. The lowest BCUT2D eigenvalue weighted by Crippen LogP contribution is -2.32. The van der Waals surface area contributed by atoms with Crippen LogP contribution in [0.5, 0.6) is 0 Å². The van der Waals surface area contributed by atoms with Gasteiger partial charge in [0.25, 0.3) is 0 Å². The van der Waals surface area contributed by atoms with Crippen LogP contribution in [0.2, 0.25) is 0 Å². The Morgan fingerprint density at radius 2 is 1.00 bits per heavy atom. The highest BCUT2D eigenvalue weighted by molar-refractivity contribution is 5.55. The number of nitrogens with zero attached hydrogens (tertiary/aromatic N) is 4. The fourth-order valence-electron chi connectivity index (χ4n) is 2.93. The zero-order valence-electron chi connectivity index (χ0n) is 14.4. The van der Waals surface area contributed by atoms with Gasteiger partial charge in [-0.25, -0.2) is 9.13 Å². The molecule has 0 bridgehead atoms. The van der Waals surface area contributed by atoms with E-state index in [0.717, 1.165) is 24.5 Å². The van der Waals surface area contributed by atoms with E-state index in [1.165, 1.54) is 11.1 Å². The molecule has 0 saturated carbocycles. The molecule has 4 aromatic heterocycles. The summed E-state index contributed by atoms with van der Waals surface area (Å²) in [6.45, 7) is 1.63. The number of rotatable bonds is 5. The quantitative estimate of drug-likeness (QED) is 0.524. The van der Waals surface area contributed by atoms with E-state index in [9.17, 15) is 0 Å². The summed E-state index contributed by atoms with van der Waals surface area (Å²) in [6, 6.07) is 20.5. The number of aromatic nitrogens is 4. The van der Waals surface area contributed by atoms with Crippen LogP contribution in [-0.4, -0.2) is 9.97 Å². The molecule has 126 valence electrons. The predicted molar refractivity (Wildman–Crippen MR) is 98.9 cm³/mol. The second kappa shape index (κ2) is 7.66. The molecule has 0 spiro atoms. The van der Waals surface area contributed by atoms with Gasteiger partial charge >= 0.3 is 0 Å². The van der Waals surface area contributed by atoms with E-state index in [0.29, 0.717) is 0 Å². The second-order valence-corrected chi connectivity index (χ2v) is 6.19. The van der Waals surface area contributed by atoms with E-state index in [4.69, 9.17) is 0 Å². The highest BCUT2D eigenvalue weighted by Crippen LogP contribution is 2.16. The molecule has 0 atom stereocenters. The molecule has 0 radical (unpaired) electrons. The number of pyridine rings is 4.